The number of β-amino-alcohol motifs (C(OH)–C–C–N with tert-alkyl or cyclic N) is 1. The Balaban J connectivity index is 1.94. The van der Waals surface area contributed by atoms with Gasteiger partial charge in [-0.15, -0.1) is 0 Å². The fourth-order valence-electron chi connectivity index (χ4n) is 2.05. The van der Waals surface area contributed by atoms with Crippen molar-refractivity contribution in [2.24, 2.45) is 5.92 Å². The maximum Gasteiger partial charge on any atom is 0.246 e. The number of piperidine rings is 1. The smallest absolute Gasteiger partial charge is 0.246 e. The van der Waals surface area contributed by atoms with Gasteiger partial charge in [-0.3, -0.25) is 4.79 Å². The summed E-state index contributed by atoms with van der Waals surface area (Å²) >= 11 is 0. The van der Waals surface area contributed by atoms with Crippen molar-refractivity contribution in [2.75, 3.05) is 13.1 Å². The number of aryl methyl sites for hydroxylation is 1. The summed E-state index contributed by atoms with van der Waals surface area (Å²) in [6.07, 6.45) is 3.60. The summed E-state index contributed by atoms with van der Waals surface area (Å²) in [5.41, 5.74) is 0. The number of amides is 1. The number of rotatable bonds is 2. The molecule has 1 aromatic heterocycles. The number of nitrogens with zero attached hydrogens (tertiary/aromatic N) is 1. The van der Waals surface area contributed by atoms with Crippen molar-refractivity contribution < 1.29 is 14.3 Å². The number of likely N-dealkylation sites (tertiary alicyclic amines) is 1. The Morgan fingerprint density at radius 1 is 1.56 bits per heavy atom. The van der Waals surface area contributed by atoms with E-state index in [-0.39, 0.29) is 11.8 Å². The van der Waals surface area contributed by atoms with E-state index in [1.54, 1.807) is 11.0 Å². The third-order valence-corrected chi connectivity index (χ3v) is 3.38. The fraction of sp³-hybridized carbons (Fsp3) is 0.500. The van der Waals surface area contributed by atoms with Crippen molar-refractivity contribution in [3.63, 3.8) is 0 Å². The number of hydrogen-bond acceptors (Lipinski definition) is 3. The minimum Gasteiger partial charge on any atom is -0.462 e. The van der Waals surface area contributed by atoms with Gasteiger partial charge in [-0.05, 0) is 37.5 Å². The van der Waals surface area contributed by atoms with Crippen LogP contribution in [0, 0.1) is 12.8 Å². The van der Waals surface area contributed by atoms with Crippen LogP contribution in [0.5, 0.6) is 0 Å². The van der Waals surface area contributed by atoms with Crippen LogP contribution in [0.3, 0.4) is 0 Å². The summed E-state index contributed by atoms with van der Waals surface area (Å²) in [7, 11) is 0. The molecule has 0 aromatic carbocycles. The first-order chi connectivity index (χ1) is 8.56. The Labute approximate surface area is 107 Å². The van der Waals surface area contributed by atoms with E-state index >= 15 is 0 Å². The van der Waals surface area contributed by atoms with Gasteiger partial charge >= 0.3 is 0 Å². The molecular formula is C14H19NO3. The van der Waals surface area contributed by atoms with Crippen molar-refractivity contribution in [1.82, 2.24) is 4.90 Å². The van der Waals surface area contributed by atoms with Crippen molar-refractivity contribution >= 4 is 12.0 Å². The van der Waals surface area contributed by atoms with Gasteiger partial charge < -0.3 is 14.4 Å². The van der Waals surface area contributed by atoms with E-state index in [0.717, 1.165) is 12.2 Å². The average molecular weight is 249 g/mol. The predicted octanol–water partition coefficient (Wildman–Crippen LogP) is 1.83. The zero-order valence-electron chi connectivity index (χ0n) is 10.8. The van der Waals surface area contributed by atoms with Crippen molar-refractivity contribution in [2.45, 2.75) is 26.4 Å². The van der Waals surface area contributed by atoms with Crippen LogP contribution in [0.15, 0.2) is 22.6 Å². The van der Waals surface area contributed by atoms with Crippen LogP contribution < -0.4 is 0 Å². The van der Waals surface area contributed by atoms with Gasteiger partial charge in [0.2, 0.25) is 5.91 Å². The molecule has 4 heteroatoms. The molecule has 1 aliphatic heterocycles. The van der Waals surface area contributed by atoms with Gasteiger partial charge in [0, 0.05) is 19.2 Å². The van der Waals surface area contributed by atoms with E-state index in [4.69, 9.17) is 4.42 Å². The van der Waals surface area contributed by atoms with Crippen LogP contribution >= 0.6 is 0 Å². The van der Waals surface area contributed by atoms with Crippen LogP contribution in [0.1, 0.15) is 24.9 Å². The molecule has 98 valence electrons. The molecule has 2 rings (SSSR count). The van der Waals surface area contributed by atoms with Crippen LogP contribution in [-0.2, 0) is 4.79 Å². The van der Waals surface area contributed by atoms with Crippen LogP contribution in [0.2, 0.25) is 0 Å². The molecule has 1 aromatic rings. The largest absolute Gasteiger partial charge is 0.462 e. The Morgan fingerprint density at radius 3 is 2.94 bits per heavy atom. The predicted molar refractivity (Wildman–Crippen MR) is 68.8 cm³/mol. The minimum absolute atomic E-state index is 0.0741. The highest BCUT2D eigenvalue weighted by Gasteiger charge is 2.26. The molecule has 4 nitrogen and oxygen atoms in total. The number of carbonyl (C=O) groups is 1. The molecule has 18 heavy (non-hydrogen) atoms. The molecule has 2 atom stereocenters. The molecule has 1 saturated heterocycles. The third kappa shape index (κ3) is 3.01. The first kappa shape index (κ1) is 12.9. The molecule has 0 aliphatic carbocycles. The van der Waals surface area contributed by atoms with Crippen LogP contribution in [0.25, 0.3) is 6.08 Å². The van der Waals surface area contributed by atoms with Gasteiger partial charge in [-0.1, -0.05) is 6.92 Å². The molecule has 1 amide bonds. The van der Waals surface area contributed by atoms with Gasteiger partial charge in [0.15, 0.2) is 0 Å². The molecule has 1 fully saturated rings. The summed E-state index contributed by atoms with van der Waals surface area (Å²) in [6.45, 7) is 5.00. The number of aliphatic hydroxyl groups is 1. The number of furan rings is 1. The van der Waals surface area contributed by atoms with Crippen molar-refractivity contribution in [1.29, 1.82) is 0 Å². The quantitative estimate of drug-likeness (QED) is 0.814. The van der Waals surface area contributed by atoms with Gasteiger partial charge in [-0.2, -0.15) is 0 Å². The summed E-state index contributed by atoms with van der Waals surface area (Å²) < 4.78 is 5.35. The fourth-order valence-corrected chi connectivity index (χ4v) is 2.05. The lowest BCUT2D eigenvalue weighted by atomic mass is 9.96. The molecule has 2 heterocycles. The highest BCUT2D eigenvalue weighted by atomic mass is 16.3. The monoisotopic (exact) mass is 249 g/mol. The summed E-state index contributed by atoms with van der Waals surface area (Å²) in [5.74, 6) is 1.69. The molecular weight excluding hydrogens is 230 g/mol. The molecule has 1 aliphatic rings. The first-order valence-corrected chi connectivity index (χ1v) is 6.28. The number of carbonyl (C=O) groups excluding carboxylic acids is 1. The molecule has 2 unspecified atom stereocenters. The van der Waals surface area contributed by atoms with E-state index in [0.29, 0.717) is 18.8 Å². The summed E-state index contributed by atoms with van der Waals surface area (Å²) in [6, 6.07) is 3.68. The second-order valence-corrected chi connectivity index (χ2v) is 4.90. The van der Waals surface area contributed by atoms with Crippen LogP contribution in [-0.4, -0.2) is 35.1 Å². The highest BCUT2D eigenvalue weighted by molar-refractivity contribution is 5.91. The Bertz CT molecular complexity index is 450. The Kier molecular flexibility index (Phi) is 3.87. The topological polar surface area (TPSA) is 53.7 Å². The molecule has 0 saturated carbocycles. The second-order valence-electron chi connectivity index (χ2n) is 4.90. The van der Waals surface area contributed by atoms with Crippen molar-refractivity contribution in [3.8, 4) is 0 Å². The van der Waals surface area contributed by atoms with Crippen LogP contribution in [0.4, 0.5) is 0 Å². The number of hydrogen-bond donors (Lipinski definition) is 1. The normalized spacial score (nSPS) is 24.7. The SMILES string of the molecule is Cc1ccc(/C=C/C(=O)N2CCC(C)C(O)C2)o1. The standard InChI is InChI=1S/C14H19NO3/c1-10-7-8-15(9-13(10)16)14(17)6-5-12-4-3-11(2)18-12/h3-6,10,13,16H,7-9H2,1-2H3/b6-5+. The molecule has 1 N–H and O–H groups in total. The highest BCUT2D eigenvalue weighted by Crippen LogP contribution is 2.17. The van der Waals surface area contributed by atoms with E-state index < -0.39 is 6.10 Å². The third-order valence-electron chi connectivity index (χ3n) is 3.38. The lowest BCUT2D eigenvalue weighted by Crippen LogP contribution is -2.45. The zero-order valence-corrected chi connectivity index (χ0v) is 10.8. The summed E-state index contributed by atoms with van der Waals surface area (Å²) in [5, 5.41) is 9.75. The second kappa shape index (κ2) is 5.40. The summed E-state index contributed by atoms with van der Waals surface area (Å²) in [4.78, 5) is 13.6. The van der Waals surface area contributed by atoms with E-state index in [1.165, 1.54) is 6.08 Å². The average Bonchev–Trinajstić information content (AvgIpc) is 2.75. The lowest BCUT2D eigenvalue weighted by Gasteiger charge is -2.33. The van der Waals surface area contributed by atoms with Gasteiger partial charge in [0.05, 0.1) is 6.10 Å². The van der Waals surface area contributed by atoms with Gasteiger partial charge in [0.25, 0.3) is 0 Å². The Hall–Kier alpha value is -1.55. The van der Waals surface area contributed by atoms with Gasteiger partial charge in [-0.25, -0.2) is 0 Å². The Morgan fingerprint density at radius 2 is 2.33 bits per heavy atom. The number of aliphatic hydroxyl groups excluding tert-OH is 1. The van der Waals surface area contributed by atoms with Crippen molar-refractivity contribution in [3.05, 3.63) is 29.7 Å². The molecule has 0 radical (unpaired) electrons. The van der Waals surface area contributed by atoms with E-state index in [9.17, 15) is 9.90 Å². The molecule has 0 bridgehead atoms. The maximum atomic E-state index is 11.9. The maximum absolute atomic E-state index is 11.9. The zero-order chi connectivity index (χ0) is 13.1. The minimum atomic E-state index is -0.415. The molecule has 0 spiro atoms. The van der Waals surface area contributed by atoms with E-state index in [2.05, 4.69) is 0 Å². The van der Waals surface area contributed by atoms with Gasteiger partial charge in [0.1, 0.15) is 11.5 Å². The first-order valence-electron chi connectivity index (χ1n) is 6.28. The van der Waals surface area contributed by atoms with E-state index in [1.807, 2.05) is 26.0 Å². The lowest BCUT2D eigenvalue weighted by molar-refractivity contribution is -0.130.